The van der Waals surface area contributed by atoms with E-state index in [1.807, 2.05) is 0 Å². The molecule has 0 bridgehead atoms. The second kappa shape index (κ2) is 7.08. The number of benzene rings is 1. The van der Waals surface area contributed by atoms with Crippen molar-refractivity contribution in [1.82, 2.24) is 0 Å². The van der Waals surface area contributed by atoms with Gasteiger partial charge in [0.15, 0.2) is 0 Å². The first kappa shape index (κ1) is 15.4. The van der Waals surface area contributed by atoms with Gasteiger partial charge in [0.05, 0.1) is 0 Å². The molecule has 0 unspecified atom stereocenters. The molecule has 0 N–H and O–H groups in total. The van der Waals surface area contributed by atoms with Crippen molar-refractivity contribution in [3.63, 3.8) is 0 Å². The summed E-state index contributed by atoms with van der Waals surface area (Å²) in [6.45, 7) is 3.46. The van der Waals surface area contributed by atoms with E-state index in [-0.39, 0.29) is 5.76 Å². The van der Waals surface area contributed by atoms with Gasteiger partial charge in [0.2, 0.25) is 5.76 Å². The van der Waals surface area contributed by atoms with Gasteiger partial charge in [0, 0.05) is 26.3 Å². The minimum atomic E-state index is -0.707. The van der Waals surface area contributed by atoms with Crippen LogP contribution in [0.3, 0.4) is 0 Å². The third-order valence-corrected chi connectivity index (χ3v) is 1.94. The number of hydrogen-bond donors (Lipinski definition) is 0. The Morgan fingerprint density at radius 2 is 1.20 bits per heavy atom. The van der Waals surface area contributed by atoms with Crippen LogP contribution in [0.4, 0.5) is 0 Å². The van der Waals surface area contributed by atoms with Crippen LogP contribution in [0.5, 0.6) is 0 Å². The van der Waals surface area contributed by atoms with E-state index in [9.17, 15) is 14.4 Å². The lowest BCUT2D eigenvalue weighted by Gasteiger charge is -2.12. The molecule has 0 saturated carbocycles. The van der Waals surface area contributed by atoms with Crippen molar-refractivity contribution in [3.05, 3.63) is 41.8 Å². The molecule has 0 heterocycles. The molecule has 0 spiro atoms. The van der Waals surface area contributed by atoms with Crippen molar-refractivity contribution >= 4 is 23.7 Å². The standard InChI is InChI=1S/C14H14O6/c1-9(15)18-13(12-7-5-4-6-8-12)14(19-10(2)16)20-11(3)17/h4-8H,1-3H3. The van der Waals surface area contributed by atoms with Gasteiger partial charge in [-0.25, -0.2) is 0 Å². The fourth-order valence-corrected chi connectivity index (χ4v) is 1.33. The Bertz CT molecular complexity index is 526. The van der Waals surface area contributed by atoms with E-state index in [2.05, 4.69) is 0 Å². The van der Waals surface area contributed by atoms with Crippen molar-refractivity contribution in [3.8, 4) is 0 Å². The molecule has 0 atom stereocenters. The summed E-state index contributed by atoms with van der Waals surface area (Å²) in [5.74, 6) is -2.65. The number of hydrogen-bond acceptors (Lipinski definition) is 6. The zero-order chi connectivity index (χ0) is 15.1. The van der Waals surface area contributed by atoms with Crippen LogP contribution in [-0.4, -0.2) is 17.9 Å². The van der Waals surface area contributed by atoms with Gasteiger partial charge in [-0.05, 0) is 0 Å². The normalized spacial score (nSPS) is 9.35. The van der Waals surface area contributed by atoms with Crippen molar-refractivity contribution in [1.29, 1.82) is 0 Å². The maximum Gasteiger partial charge on any atom is 0.340 e. The summed E-state index contributed by atoms with van der Waals surface area (Å²) in [5.41, 5.74) is 0.431. The van der Waals surface area contributed by atoms with Gasteiger partial charge >= 0.3 is 23.9 Å². The van der Waals surface area contributed by atoms with Gasteiger partial charge in [0.25, 0.3) is 0 Å². The maximum absolute atomic E-state index is 11.2. The molecule has 20 heavy (non-hydrogen) atoms. The molecule has 1 aromatic rings. The van der Waals surface area contributed by atoms with Gasteiger partial charge < -0.3 is 14.2 Å². The van der Waals surface area contributed by atoms with Crippen LogP contribution in [0.25, 0.3) is 5.76 Å². The molecule has 0 fully saturated rings. The van der Waals surface area contributed by atoms with E-state index in [0.717, 1.165) is 13.8 Å². The van der Waals surface area contributed by atoms with E-state index >= 15 is 0 Å². The van der Waals surface area contributed by atoms with Gasteiger partial charge in [-0.15, -0.1) is 0 Å². The van der Waals surface area contributed by atoms with E-state index in [0.29, 0.717) is 5.56 Å². The van der Waals surface area contributed by atoms with Crippen LogP contribution in [0, 0.1) is 0 Å². The Morgan fingerprint density at radius 1 is 0.750 bits per heavy atom. The van der Waals surface area contributed by atoms with Crippen molar-refractivity contribution in [2.45, 2.75) is 20.8 Å². The van der Waals surface area contributed by atoms with Crippen LogP contribution in [0.2, 0.25) is 0 Å². The quantitative estimate of drug-likeness (QED) is 0.619. The first-order chi connectivity index (χ1) is 9.40. The highest BCUT2D eigenvalue weighted by Gasteiger charge is 2.20. The molecule has 1 rings (SSSR count). The minimum absolute atomic E-state index is 0.136. The topological polar surface area (TPSA) is 78.9 Å². The second-order valence-corrected chi connectivity index (χ2v) is 3.76. The lowest BCUT2D eigenvalue weighted by atomic mass is 10.2. The number of carbonyl (C=O) groups is 3. The summed E-state index contributed by atoms with van der Waals surface area (Å²) in [6.07, 6.45) is 0. The molecular formula is C14H14O6. The molecule has 0 amide bonds. The fourth-order valence-electron chi connectivity index (χ4n) is 1.33. The molecule has 0 aliphatic rings. The third-order valence-electron chi connectivity index (χ3n) is 1.94. The lowest BCUT2D eigenvalue weighted by molar-refractivity contribution is -0.152. The first-order valence-corrected chi connectivity index (χ1v) is 5.75. The summed E-state index contributed by atoms with van der Waals surface area (Å²) < 4.78 is 14.6. The van der Waals surface area contributed by atoms with Crippen LogP contribution in [0.15, 0.2) is 36.3 Å². The van der Waals surface area contributed by atoms with Gasteiger partial charge in [-0.1, -0.05) is 30.3 Å². The monoisotopic (exact) mass is 278 g/mol. The summed E-state index contributed by atoms with van der Waals surface area (Å²) in [6, 6.07) is 8.37. The Labute approximate surface area is 115 Å². The van der Waals surface area contributed by atoms with Crippen LogP contribution in [-0.2, 0) is 28.6 Å². The zero-order valence-corrected chi connectivity index (χ0v) is 11.3. The number of carbonyl (C=O) groups excluding carboxylic acids is 3. The average Bonchev–Trinajstić information content (AvgIpc) is 2.35. The molecule has 106 valence electrons. The molecule has 0 radical (unpaired) electrons. The van der Waals surface area contributed by atoms with Gasteiger partial charge in [0.1, 0.15) is 0 Å². The summed E-state index contributed by atoms with van der Waals surface area (Å²) >= 11 is 0. The average molecular weight is 278 g/mol. The zero-order valence-electron chi connectivity index (χ0n) is 11.3. The third kappa shape index (κ3) is 4.93. The smallest absolute Gasteiger partial charge is 0.340 e. The molecule has 6 nitrogen and oxygen atoms in total. The van der Waals surface area contributed by atoms with Crippen molar-refractivity contribution in [2.24, 2.45) is 0 Å². The highest BCUT2D eigenvalue weighted by molar-refractivity contribution is 5.79. The Morgan fingerprint density at radius 3 is 1.60 bits per heavy atom. The van der Waals surface area contributed by atoms with E-state index in [1.54, 1.807) is 30.3 Å². The molecule has 0 saturated heterocycles. The van der Waals surface area contributed by atoms with Gasteiger partial charge in [-0.3, -0.25) is 14.4 Å². The van der Waals surface area contributed by atoms with E-state index < -0.39 is 23.9 Å². The summed E-state index contributed by atoms with van der Waals surface area (Å²) in [7, 11) is 0. The highest BCUT2D eigenvalue weighted by atomic mass is 16.7. The predicted octanol–water partition coefficient (Wildman–Crippen LogP) is 2.00. The van der Waals surface area contributed by atoms with Crippen LogP contribution < -0.4 is 0 Å². The highest BCUT2D eigenvalue weighted by Crippen LogP contribution is 2.22. The Balaban J connectivity index is 3.32. The number of rotatable bonds is 4. The predicted molar refractivity (Wildman–Crippen MR) is 68.7 cm³/mol. The van der Waals surface area contributed by atoms with Crippen molar-refractivity contribution in [2.75, 3.05) is 0 Å². The molecule has 6 heteroatoms. The summed E-state index contributed by atoms with van der Waals surface area (Å²) in [4.78, 5) is 33.3. The molecule has 0 aliphatic carbocycles. The Kier molecular flexibility index (Phi) is 5.46. The van der Waals surface area contributed by atoms with E-state index in [1.165, 1.54) is 6.92 Å². The van der Waals surface area contributed by atoms with Crippen LogP contribution in [0.1, 0.15) is 26.3 Å². The second-order valence-electron chi connectivity index (χ2n) is 3.76. The first-order valence-electron chi connectivity index (χ1n) is 5.75. The Hall–Kier alpha value is -2.63. The van der Waals surface area contributed by atoms with Crippen molar-refractivity contribution < 1.29 is 28.6 Å². The lowest BCUT2D eigenvalue weighted by Crippen LogP contribution is -2.12. The van der Waals surface area contributed by atoms with Gasteiger partial charge in [-0.2, -0.15) is 0 Å². The molecular weight excluding hydrogens is 264 g/mol. The summed E-state index contributed by atoms with van der Waals surface area (Å²) in [5, 5.41) is 0. The van der Waals surface area contributed by atoms with Crippen LogP contribution >= 0.6 is 0 Å². The largest absolute Gasteiger partial charge is 0.418 e. The minimum Gasteiger partial charge on any atom is -0.418 e. The molecule has 1 aromatic carbocycles. The fraction of sp³-hybridized carbons (Fsp3) is 0.214. The molecule has 0 aromatic heterocycles. The molecule has 0 aliphatic heterocycles. The number of esters is 3. The number of ether oxygens (including phenoxy) is 3. The SMILES string of the molecule is CC(=O)OC(OC(C)=O)=C(OC(C)=O)c1ccccc1. The van der Waals surface area contributed by atoms with E-state index in [4.69, 9.17) is 14.2 Å². The maximum atomic E-state index is 11.2.